The largest absolute Gasteiger partial charge is 0.310 e. The molecule has 0 spiro atoms. The highest BCUT2D eigenvalue weighted by atomic mass is 32.2. The molecule has 0 aliphatic carbocycles. The van der Waals surface area contributed by atoms with Gasteiger partial charge in [-0.05, 0) is 45.3 Å². The first-order valence-electron chi connectivity index (χ1n) is 7.23. The monoisotopic (exact) mass is 313 g/mol. The van der Waals surface area contributed by atoms with Crippen molar-refractivity contribution in [1.82, 2.24) is 14.5 Å². The Morgan fingerprint density at radius 3 is 2.14 bits per heavy atom. The average molecular weight is 313 g/mol. The molecule has 1 atom stereocenters. The van der Waals surface area contributed by atoms with Gasteiger partial charge < -0.3 is 10.2 Å². The number of likely N-dealkylation sites (N-methyl/N-ethyl adjacent to an activating group) is 2. The van der Waals surface area contributed by atoms with Gasteiger partial charge in [0.2, 0.25) is 10.0 Å². The fourth-order valence-corrected chi connectivity index (χ4v) is 3.16. The van der Waals surface area contributed by atoms with Gasteiger partial charge in [0.25, 0.3) is 0 Å². The summed E-state index contributed by atoms with van der Waals surface area (Å²) in [5.74, 6) is 0. The molecule has 1 aromatic carbocycles. The van der Waals surface area contributed by atoms with E-state index in [1.54, 1.807) is 19.2 Å². The highest BCUT2D eigenvalue weighted by Crippen LogP contribution is 2.18. The molecule has 0 radical (unpaired) electrons. The first kappa shape index (κ1) is 18.1. The molecule has 0 saturated heterocycles. The van der Waals surface area contributed by atoms with Crippen LogP contribution in [0.3, 0.4) is 0 Å². The van der Waals surface area contributed by atoms with Crippen LogP contribution in [0.15, 0.2) is 29.2 Å². The van der Waals surface area contributed by atoms with Gasteiger partial charge in [0, 0.05) is 26.2 Å². The lowest BCUT2D eigenvalue weighted by Gasteiger charge is -2.20. The van der Waals surface area contributed by atoms with Crippen LogP contribution in [0.1, 0.15) is 25.5 Å². The zero-order chi connectivity index (χ0) is 16.0. The number of rotatable bonds is 8. The summed E-state index contributed by atoms with van der Waals surface area (Å²) in [6.07, 6.45) is 0. The van der Waals surface area contributed by atoms with Crippen LogP contribution in [0, 0.1) is 0 Å². The van der Waals surface area contributed by atoms with Crippen molar-refractivity contribution in [3.05, 3.63) is 29.8 Å². The van der Waals surface area contributed by atoms with Crippen LogP contribution < -0.4 is 5.32 Å². The molecule has 0 amide bonds. The maximum Gasteiger partial charge on any atom is 0.242 e. The Morgan fingerprint density at radius 1 is 1.10 bits per heavy atom. The fourth-order valence-electron chi connectivity index (χ4n) is 1.99. The highest BCUT2D eigenvalue weighted by molar-refractivity contribution is 7.89. The van der Waals surface area contributed by atoms with E-state index in [9.17, 15) is 8.42 Å². The second kappa shape index (κ2) is 7.89. The van der Waals surface area contributed by atoms with Crippen molar-refractivity contribution in [3.8, 4) is 0 Å². The van der Waals surface area contributed by atoms with Crippen LogP contribution in [0.5, 0.6) is 0 Å². The zero-order valence-electron chi connectivity index (χ0n) is 13.6. The van der Waals surface area contributed by atoms with Crippen molar-refractivity contribution in [2.45, 2.75) is 24.8 Å². The second-order valence-corrected chi connectivity index (χ2v) is 7.52. The molecule has 6 heteroatoms. The molecule has 0 aromatic heterocycles. The Balaban J connectivity index is 2.84. The molecule has 21 heavy (non-hydrogen) atoms. The third kappa shape index (κ3) is 5.07. The second-order valence-electron chi connectivity index (χ2n) is 5.48. The summed E-state index contributed by atoms with van der Waals surface area (Å²) in [6.45, 7) is 6.18. The fraction of sp³-hybridized carbons (Fsp3) is 0.600. The van der Waals surface area contributed by atoms with Crippen molar-refractivity contribution in [2.75, 3.05) is 40.8 Å². The van der Waals surface area contributed by atoms with E-state index in [1.807, 2.05) is 31.1 Å². The summed E-state index contributed by atoms with van der Waals surface area (Å²) >= 11 is 0. The Labute approximate surface area is 129 Å². The minimum absolute atomic E-state index is 0.221. The van der Waals surface area contributed by atoms with Gasteiger partial charge in [-0.2, -0.15) is 4.31 Å². The van der Waals surface area contributed by atoms with Gasteiger partial charge in [-0.15, -0.1) is 0 Å². The molecule has 1 rings (SSSR count). The molecular weight excluding hydrogens is 286 g/mol. The lowest BCUT2D eigenvalue weighted by Crippen LogP contribution is -2.33. The third-order valence-electron chi connectivity index (χ3n) is 3.46. The smallest absolute Gasteiger partial charge is 0.242 e. The van der Waals surface area contributed by atoms with Gasteiger partial charge in [0.05, 0.1) is 4.90 Å². The summed E-state index contributed by atoms with van der Waals surface area (Å²) in [5, 5.41) is 3.31. The molecule has 0 heterocycles. The lowest BCUT2D eigenvalue weighted by atomic mass is 10.1. The maximum atomic E-state index is 12.4. The van der Waals surface area contributed by atoms with E-state index in [0.717, 1.165) is 12.1 Å². The zero-order valence-corrected chi connectivity index (χ0v) is 14.4. The number of sulfonamides is 1. The van der Waals surface area contributed by atoms with Gasteiger partial charge in [0.1, 0.15) is 0 Å². The van der Waals surface area contributed by atoms with E-state index >= 15 is 0 Å². The van der Waals surface area contributed by atoms with Crippen LogP contribution in [-0.4, -0.2) is 58.4 Å². The molecule has 1 unspecified atom stereocenters. The molecule has 0 saturated carbocycles. The molecule has 0 fully saturated rings. The molecule has 1 N–H and O–H groups in total. The minimum atomic E-state index is -3.40. The number of nitrogens with zero attached hydrogens (tertiary/aromatic N) is 2. The number of hydrogen-bond donors (Lipinski definition) is 1. The quantitative estimate of drug-likeness (QED) is 0.791. The first-order chi connectivity index (χ1) is 9.78. The topological polar surface area (TPSA) is 52.7 Å². The molecule has 5 nitrogen and oxygen atoms in total. The van der Waals surface area contributed by atoms with Crippen molar-refractivity contribution in [2.24, 2.45) is 0 Å². The highest BCUT2D eigenvalue weighted by Gasteiger charge is 2.20. The van der Waals surface area contributed by atoms with Crippen molar-refractivity contribution >= 4 is 10.0 Å². The van der Waals surface area contributed by atoms with E-state index in [0.29, 0.717) is 18.0 Å². The lowest BCUT2D eigenvalue weighted by molar-refractivity contribution is 0.358. The predicted molar refractivity (Wildman–Crippen MR) is 86.9 cm³/mol. The van der Waals surface area contributed by atoms with Crippen LogP contribution >= 0.6 is 0 Å². The molecule has 0 aliphatic heterocycles. The van der Waals surface area contributed by atoms with E-state index < -0.39 is 10.0 Å². The summed E-state index contributed by atoms with van der Waals surface area (Å²) in [7, 11) is 2.07. The standard InChI is InChI=1S/C15H27N3O2S/c1-6-16-13(2)14-7-9-15(10-8-14)21(19,20)18(5)12-11-17(3)4/h7-10,13,16H,6,11-12H2,1-5H3. The minimum Gasteiger partial charge on any atom is -0.310 e. The Bertz CT molecular complexity index is 526. The third-order valence-corrected chi connectivity index (χ3v) is 5.33. The number of hydrogen-bond acceptors (Lipinski definition) is 4. The molecular formula is C15H27N3O2S. The summed E-state index contributed by atoms with van der Waals surface area (Å²) < 4.78 is 26.3. The van der Waals surface area contributed by atoms with Gasteiger partial charge in [-0.1, -0.05) is 19.1 Å². The Hall–Kier alpha value is -0.950. The van der Waals surface area contributed by atoms with Crippen molar-refractivity contribution in [1.29, 1.82) is 0 Å². The average Bonchev–Trinajstić information content (AvgIpc) is 2.45. The molecule has 120 valence electrons. The summed E-state index contributed by atoms with van der Waals surface area (Å²) in [6, 6.07) is 7.34. The van der Waals surface area contributed by atoms with Gasteiger partial charge in [-0.3, -0.25) is 0 Å². The SMILES string of the molecule is CCNC(C)c1ccc(S(=O)(=O)N(C)CCN(C)C)cc1. The molecule has 0 aliphatic rings. The molecule has 1 aromatic rings. The van der Waals surface area contributed by atoms with Gasteiger partial charge in [0.15, 0.2) is 0 Å². The normalized spacial score (nSPS) is 13.9. The van der Waals surface area contributed by atoms with Crippen LogP contribution in [0.4, 0.5) is 0 Å². The van der Waals surface area contributed by atoms with Crippen molar-refractivity contribution in [3.63, 3.8) is 0 Å². The Morgan fingerprint density at radius 2 is 1.67 bits per heavy atom. The summed E-state index contributed by atoms with van der Waals surface area (Å²) in [4.78, 5) is 2.31. The first-order valence-corrected chi connectivity index (χ1v) is 8.67. The van der Waals surface area contributed by atoms with Crippen molar-refractivity contribution < 1.29 is 8.42 Å². The maximum absolute atomic E-state index is 12.4. The van der Waals surface area contributed by atoms with Crippen LogP contribution in [-0.2, 0) is 10.0 Å². The van der Waals surface area contributed by atoms with E-state index in [1.165, 1.54) is 4.31 Å². The summed E-state index contributed by atoms with van der Waals surface area (Å²) in [5.41, 5.74) is 1.09. The van der Waals surface area contributed by atoms with E-state index in [4.69, 9.17) is 0 Å². The Kier molecular flexibility index (Phi) is 6.80. The predicted octanol–water partition coefficient (Wildman–Crippen LogP) is 1.54. The van der Waals surface area contributed by atoms with E-state index in [-0.39, 0.29) is 6.04 Å². The number of nitrogens with one attached hydrogen (secondary N) is 1. The number of benzene rings is 1. The van der Waals surface area contributed by atoms with Gasteiger partial charge >= 0.3 is 0 Å². The van der Waals surface area contributed by atoms with E-state index in [2.05, 4.69) is 19.2 Å². The van der Waals surface area contributed by atoms with Gasteiger partial charge in [-0.25, -0.2) is 8.42 Å². The van der Waals surface area contributed by atoms with Crippen LogP contribution in [0.25, 0.3) is 0 Å². The van der Waals surface area contributed by atoms with Crippen LogP contribution in [0.2, 0.25) is 0 Å². The molecule has 0 bridgehead atoms.